The molecule has 6 nitrogen and oxygen atoms in total. The van der Waals surface area contributed by atoms with Crippen LogP contribution in [-0.4, -0.2) is 36.6 Å². The molecule has 1 aromatic carbocycles. The van der Waals surface area contributed by atoms with Crippen molar-refractivity contribution in [3.8, 4) is 10.4 Å². The summed E-state index contributed by atoms with van der Waals surface area (Å²) in [5.41, 5.74) is 7.51. The Balaban J connectivity index is 1.68. The van der Waals surface area contributed by atoms with Gasteiger partial charge in [-0.3, -0.25) is 0 Å². The summed E-state index contributed by atoms with van der Waals surface area (Å²) < 4.78 is 17.9. The van der Waals surface area contributed by atoms with Crippen LogP contribution in [0.3, 0.4) is 0 Å². The van der Waals surface area contributed by atoms with Crippen LogP contribution >= 0.6 is 18.5 Å². The Morgan fingerprint density at radius 1 is 1.28 bits per heavy atom. The highest BCUT2D eigenvalue weighted by Crippen LogP contribution is 2.42. The number of rotatable bonds is 5. The van der Waals surface area contributed by atoms with E-state index in [1.807, 2.05) is 38.2 Å². The monoisotopic (exact) mass is 435 g/mol. The van der Waals surface area contributed by atoms with E-state index in [-0.39, 0.29) is 18.2 Å². The van der Waals surface area contributed by atoms with Crippen molar-refractivity contribution in [1.82, 2.24) is 10.3 Å². The number of ether oxygens (including phenoxy) is 1. The molecular weight excluding hydrogens is 405 g/mol. The largest absolute Gasteiger partial charge is 0.447 e. The highest BCUT2D eigenvalue weighted by Gasteiger charge is 2.27. The van der Waals surface area contributed by atoms with Crippen molar-refractivity contribution >= 4 is 35.6 Å². The number of carbonyl (C=O) groups excluding carboxylic acids is 1. The average molecular weight is 436 g/mol. The van der Waals surface area contributed by atoms with Crippen molar-refractivity contribution < 1.29 is 14.1 Å². The van der Waals surface area contributed by atoms with Gasteiger partial charge in [-0.1, -0.05) is 6.07 Å². The number of thiazole rings is 1. The number of aromatic nitrogens is 1. The third kappa shape index (κ3) is 5.61. The minimum absolute atomic E-state index is 0.111. The Bertz CT molecular complexity index is 914. The molecule has 1 aliphatic rings. The van der Waals surface area contributed by atoms with E-state index in [0.29, 0.717) is 11.6 Å². The number of nitrogens with one attached hydrogen (secondary N) is 1. The predicted molar refractivity (Wildman–Crippen MR) is 121 cm³/mol. The maximum absolute atomic E-state index is 12.7. The molecule has 0 spiro atoms. The SMILES string of the molecule is CC(C)OC(=O)N[C@H]1CC[C@H](c2ncc(-c3ccc(N)cc3P(C)(C)=O)s2)CC1. The third-order valence-electron chi connectivity index (χ3n) is 5.13. The zero-order valence-corrected chi connectivity index (χ0v) is 19.2. The number of benzene rings is 1. The molecule has 0 bridgehead atoms. The summed E-state index contributed by atoms with van der Waals surface area (Å²) in [5.74, 6) is 0.389. The van der Waals surface area contributed by atoms with E-state index >= 15 is 0 Å². The Morgan fingerprint density at radius 3 is 2.59 bits per heavy atom. The quantitative estimate of drug-likeness (QED) is 0.520. The predicted octanol–water partition coefficient (Wildman–Crippen LogP) is 4.80. The van der Waals surface area contributed by atoms with Crippen molar-refractivity contribution in [2.75, 3.05) is 19.1 Å². The summed E-state index contributed by atoms with van der Waals surface area (Å²) in [4.78, 5) is 17.5. The molecule has 1 heterocycles. The van der Waals surface area contributed by atoms with Crippen LogP contribution in [0.25, 0.3) is 10.4 Å². The Kier molecular flexibility index (Phi) is 6.69. The number of nitrogens with two attached hydrogens (primary N) is 1. The van der Waals surface area contributed by atoms with Crippen LogP contribution in [0, 0.1) is 0 Å². The maximum atomic E-state index is 12.7. The van der Waals surface area contributed by atoms with Gasteiger partial charge in [0.1, 0.15) is 7.14 Å². The maximum Gasteiger partial charge on any atom is 0.407 e. The second-order valence-corrected chi connectivity index (χ2v) is 12.6. The molecule has 8 heteroatoms. The Morgan fingerprint density at radius 2 is 1.97 bits per heavy atom. The smallest absolute Gasteiger partial charge is 0.407 e. The van der Waals surface area contributed by atoms with Gasteiger partial charge in [0.05, 0.1) is 16.0 Å². The minimum Gasteiger partial charge on any atom is -0.447 e. The third-order valence-corrected chi connectivity index (χ3v) is 7.86. The number of anilines is 1. The van der Waals surface area contributed by atoms with Crippen LogP contribution in [0.4, 0.5) is 10.5 Å². The molecule has 29 heavy (non-hydrogen) atoms. The highest BCUT2D eigenvalue weighted by molar-refractivity contribution is 7.70. The summed E-state index contributed by atoms with van der Waals surface area (Å²) in [6.07, 6.45) is 5.23. The van der Waals surface area contributed by atoms with Gasteiger partial charge in [0.25, 0.3) is 0 Å². The lowest BCUT2D eigenvalue weighted by atomic mass is 9.86. The van der Waals surface area contributed by atoms with Gasteiger partial charge in [0.2, 0.25) is 0 Å². The molecule has 0 aliphatic heterocycles. The van der Waals surface area contributed by atoms with Gasteiger partial charge in [-0.15, -0.1) is 11.3 Å². The number of amides is 1. The zero-order chi connectivity index (χ0) is 21.2. The molecule has 0 unspecified atom stereocenters. The average Bonchev–Trinajstić information content (AvgIpc) is 3.10. The second kappa shape index (κ2) is 8.88. The van der Waals surface area contributed by atoms with Gasteiger partial charge in [-0.2, -0.15) is 0 Å². The van der Waals surface area contributed by atoms with Crippen LogP contribution in [0.15, 0.2) is 24.4 Å². The van der Waals surface area contributed by atoms with E-state index in [9.17, 15) is 9.36 Å². The molecule has 158 valence electrons. The molecule has 3 rings (SSSR count). The first-order valence-electron chi connectivity index (χ1n) is 10.0. The van der Waals surface area contributed by atoms with E-state index in [2.05, 4.69) is 10.3 Å². The normalized spacial score (nSPS) is 19.9. The van der Waals surface area contributed by atoms with Gasteiger partial charge >= 0.3 is 6.09 Å². The van der Waals surface area contributed by atoms with E-state index in [1.165, 1.54) is 0 Å². The van der Waals surface area contributed by atoms with Gasteiger partial charge < -0.3 is 20.4 Å². The van der Waals surface area contributed by atoms with Crippen LogP contribution in [0.1, 0.15) is 50.5 Å². The molecule has 0 atom stereocenters. The number of nitrogen functional groups attached to an aromatic ring is 1. The van der Waals surface area contributed by atoms with Crippen molar-refractivity contribution in [1.29, 1.82) is 0 Å². The van der Waals surface area contributed by atoms with Crippen molar-refractivity contribution in [3.63, 3.8) is 0 Å². The van der Waals surface area contributed by atoms with Crippen molar-refractivity contribution in [2.45, 2.75) is 57.6 Å². The second-order valence-electron chi connectivity index (χ2n) is 8.34. The fourth-order valence-electron chi connectivity index (χ4n) is 3.70. The van der Waals surface area contributed by atoms with Gasteiger partial charge in [-0.05, 0) is 65.0 Å². The summed E-state index contributed by atoms with van der Waals surface area (Å²) in [7, 11) is -2.46. The van der Waals surface area contributed by atoms with Crippen molar-refractivity contribution in [3.05, 3.63) is 29.4 Å². The van der Waals surface area contributed by atoms with E-state index in [1.54, 1.807) is 24.7 Å². The molecular formula is C21H30N3O3PS. The lowest BCUT2D eigenvalue weighted by Gasteiger charge is -2.28. The molecule has 3 N–H and O–H groups in total. The first-order valence-corrected chi connectivity index (χ1v) is 13.4. The van der Waals surface area contributed by atoms with Gasteiger partial charge in [-0.25, -0.2) is 9.78 Å². The summed E-state index contributed by atoms with van der Waals surface area (Å²) >= 11 is 1.67. The zero-order valence-electron chi connectivity index (χ0n) is 17.5. The molecule has 1 saturated carbocycles. The molecule has 1 aliphatic carbocycles. The number of hydrogen-bond donors (Lipinski definition) is 2. The standard InChI is InChI=1S/C21H30N3O3PS/c1-13(2)27-21(25)24-16-8-5-14(6-9-16)20-23-12-19(29-20)17-10-7-15(22)11-18(17)28(3,4)26/h7,10-14,16H,5-6,8-9,22H2,1-4H3,(H,24,25)/t14-,16-. The molecule has 2 aromatic rings. The lowest BCUT2D eigenvalue weighted by Crippen LogP contribution is -2.38. The van der Waals surface area contributed by atoms with Crippen LogP contribution in [0.5, 0.6) is 0 Å². The molecule has 0 radical (unpaired) electrons. The minimum atomic E-state index is -2.46. The van der Waals surface area contributed by atoms with Gasteiger partial charge in [0.15, 0.2) is 0 Å². The summed E-state index contributed by atoms with van der Waals surface area (Å²) in [6, 6.07) is 5.78. The van der Waals surface area contributed by atoms with Crippen LogP contribution < -0.4 is 16.4 Å². The number of nitrogens with zero attached hydrogens (tertiary/aromatic N) is 1. The number of carbonyl (C=O) groups is 1. The fourth-order valence-corrected chi connectivity index (χ4v) is 6.14. The van der Waals surface area contributed by atoms with E-state index in [4.69, 9.17) is 10.5 Å². The number of alkyl carbamates (subject to hydrolysis) is 1. The molecule has 1 fully saturated rings. The summed E-state index contributed by atoms with van der Waals surface area (Å²) in [5, 5.41) is 4.88. The van der Waals surface area contributed by atoms with Crippen molar-refractivity contribution in [2.24, 2.45) is 0 Å². The van der Waals surface area contributed by atoms with Crippen LogP contribution in [0.2, 0.25) is 0 Å². The first-order chi connectivity index (χ1) is 13.6. The molecule has 1 aromatic heterocycles. The van der Waals surface area contributed by atoms with Gasteiger partial charge in [0, 0.05) is 34.7 Å². The topological polar surface area (TPSA) is 94.3 Å². The fraction of sp³-hybridized carbons (Fsp3) is 0.524. The Hall–Kier alpha value is -1.85. The highest BCUT2D eigenvalue weighted by atomic mass is 32.1. The lowest BCUT2D eigenvalue weighted by molar-refractivity contribution is 0.109. The molecule has 1 amide bonds. The Labute approximate surface area is 176 Å². The van der Waals surface area contributed by atoms with E-state index < -0.39 is 7.14 Å². The number of hydrogen-bond acceptors (Lipinski definition) is 6. The van der Waals surface area contributed by atoms with Crippen LogP contribution in [-0.2, 0) is 9.30 Å². The molecule has 0 saturated heterocycles. The summed E-state index contributed by atoms with van der Waals surface area (Å²) in [6.45, 7) is 7.23. The van der Waals surface area contributed by atoms with E-state index in [0.717, 1.165) is 46.4 Å². The first kappa shape index (κ1) is 21.8.